The topological polar surface area (TPSA) is 425 Å². The summed E-state index contributed by atoms with van der Waals surface area (Å²) in [5.74, 6) is 1.60. The summed E-state index contributed by atoms with van der Waals surface area (Å²) in [5, 5.41) is 101. The lowest BCUT2D eigenvalue weighted by molar-refractivity contribution is -0.951. The van der Waals surface area contributed by atoms with Crippen LogP contribution in [0.2, 0.25) is 0 Å². The van der Waals surface area contributed by atoms with Gasteiger partial charge in [0.2, 0.25) is 0 Å². The number of nitrogens with zero attached hydrogens (tertiary/aromatic N) is 5. The number of quaternary nitrogens is 5. The monoisotopic (exact) mass is 2280 g/mol. The van der Waals surface area contributed by atoms with Crippen molar-refractivity contribution in [1.82, 2.24) is 0 Å². The molecule has 143 heavy (non-hydrogen) atoms. The number of aromatic hydroxyl groups is 2. The lowest BCUT2D eigenvalue weighted by Gasteiger charge is -2.65. The highest BCUT2D eigenvalue weighted by molar-refractivity contribution is 6.00. The predicted octanol–water partition coefficient (Wildman–Crippen LogP) is -7.63. The first kappa shape index (κ1) is 107. The average Bonchev–Trinajstić information content (AvgIpc) is 1.53. The number of ether oxygens (including phenoxy) is 3. The molecule has 8 heterocycles. The molecule has 10 bridgehead atoms. The summed E-state index contributed by atoms with van der Waals surface area (Å²) in [6, 6.07) is 19.4. The molecule has 5 unspecified atom stereocenters. The highest BCUT2D eigenvalue weighted by atomic mass is 79.9. The van der Waals surface area contributed by atoms with E-state index in [0.29, 0.717) is 83.2 Å². The first-order valence-corrected chi connectivity index (χ1v) is 51.0. The molecule has 0 radical (unpaired) electrons. The maximum Gasteiger partial charge on any atom is 0.252 e. The van der Waals surface area contributed by atoms with Crippen molar-refractivity contribution >= 4 is 29.5 Å². The third-order valence-corrected chi connectivity index (χ3v) is 40.5. The number of phenols is 2. The lowest BCUT2D eigenvalue weighted by Crippen LogP contribution is -3.00. The van der Waals surface area contributed by atoms with Crippen molar-refractivity contribution in [3.63, 3.8) is 0 Å². The maximum atomic E-state index is 12.4. The number of hydrogen-bond donors (Lipinski definition) is 14. The summed E-state index contributed by atoms with van der Waals surface area (Å²) in [6.07, 6.45) is 36.0. The number of nitrogens with two attached hydrogens (primary N) is 5. The zero-order valence-electron chi connectivity index (χ0n) is 82.4. The fourth-order valence-electron chi connectivity index (χ4n) is 33.4. The van der Waals surface area contributed by atoms with E-state index in [0.717, 1.165) is 208 Å². The van der Waals surface area contributed by atoms with Crippen LogP contribution in [0.25, 0.3) is 0 Å². The van der Waals surface area contributed by atoms with Crippen molar-refractivity contribution in [2.45, 2.75) is 258 Å². The van der Waals surface area contributed by atoms with Crippen LogP contribution in [-0.4, -0.2) is 288 Å². The quantitative estimate of drug-likeness (QED) is 0.0342. The van der Waals surface area contributed by atoms with Gasteiger partial charge in [0.25, 0.3) is 29.5 Å². The van der Waals surface area contributed by atoms with Crippen LogP contribution in [0.15, 0.2) is 147 Å². The van der Waals surface area contributed by atoms with Crippen LogP contribution in [-0.2, 0) is 59.2 Å². The molecule has 3 spiro atoms. The van der Waals surface area contributed by atoms with Gasteiger partial charge in [-0.1, -0.05) is 99.4 Å². The number of piperidine rings is 5. The summed E-state index contributed by atoms with van der Waals surface area (Å²) in [6.45, 7) is 22.2. The molecule has 9 fully saturated rings. The number of benzene rings is 5. The van der Waals surface area contributed by atoms with Crippen LogP contribution < -0.4 is 128 Å². The Morgan fingerprint density at radius 2 is 0.832 bits per heavy atom. The largest absolute Gasteiger partial charge is 1.00 e. The molecule has 0 aromatic heterocycles. The molecular formula is C111H141Br5N10O17. The molecular weight excluding hydrogens is 2140 g/mol. The summed E-state index contributed by atoms with van der Waals surface area (Å²) < 4.78 is 23.5. The van der Waals surface area contributed by atoms with E-state index in [-0.39, 0.29) is 161 Å². The van der Waals surface area contributed by atoms with Gasteiger partial charge >= 0.3 is 0 Å². The number of carbonyl (C=O) groups excluding carboxylic acids is 5. The van der Waals surface area contributed by atoms with E-state index < -0.39 is 93.1 Å². The predicted molar refractivity (Wildman–Crippen MR) is 518 cm³/mol. The Morgan fingerprint density at radius 1 is 0.420 bits per heavy atom. The third-order valence-electron chi connectivity index (χ3n) is 40.5. The van der Waals surface area contributed by atoms with Crippen molar-refractivity contribution in [3.8, 4) is 28.7 Å². The Bertz CT molecular complexity index is 6190. The SMILES string of the molecule is C=C1CC[C@@]2(O)[C@H]3Cc4ccc(C(N)=O)c5c4[C@@]2(CC[N+]3(C)CC2CC2)[C@H]1O5.C=CC[N+]1(C)CC[C@]23C[C@@H](O)C=C[C@H]2[C@H]1Cc1ccc(C(N)=O)c(O)c13.C=CC[N+]1(C)CC[C@]23c4c5ccc(C(N)=O)c4O[C@H]2[C@@H](O)C=C[C@H]3[C@H]1C5.C[N+]1(CC2CCC2)CC[C@]23C[C@@H](O)C=C[C@@]2(O)[C@H]1Cc1ccc(C(N)=O)c(O)c13.C[N+]1(CC2CCC2)CC[C@]23c4c5ccc(C(N)=O)c4O[C@H]2[C@@H](O)C=C[C@@]3(O)[C@H]1C5.[Br-].[Br-].[Br-].[Br-].[Br-]. The average molecular weight is 2290 g/mol. The molecule has 772 valence electrons. The van der Waals surface area contributed by atoms with Gasteiger partial charge < -0.3 is 196 Å². The second-order valence-electron chi connectivity index (χ2n) is 47.3. The Kier molecular flexibility index (Phi) is 27.7. The first-order chi connectivity index (χ1) is 65.5. The number of fused-ring (bicyclic) bond motifs is 2. The molecule has 4 saturated carbocycles. The Balaban J connectivity index is 0.000000122. The van der Waals surface area contributed by atoms with Gasteiger partial charge in [-0.05, 0) is 152 Å². The van der Waals surface area contributed by atoms with Crippen LogP contribution >= 0.6 is 0 Å². The Morgan fingerprint density at radius 3 is 1.36 bits per heavy atom. The molecule has 13 aliphatic carbocycles. The molecule has 5 aromatic rings. The van der Waals surface area contributed by atoms with Crippen molar-refractivity contribution in [1.29, 1.82) is 0 Å². The van der Waals surface area contributed by atoms with Crippen molar-refractivity contribution in [2.75, 3.05) is 101 Å². The minimum atomic E-state index is -1.18. The summed E-state index contributed by atoms with van der Waals surface area (Å²) in [4.78, 5) is 59.8. The van der Waals surface area contributed by atoms with E-state index in [4.69, 9.17) is 42.9 Å². The van der Waals surface area contributed by atoms with Crippen LogP contribution in [0.5, 0.6) is 28.7 Å². The summed E-state index contributed by atoms with van der Waals surface area (Å²) >= 11 is 0. The van der Waals surface area contributed by atoms with E-state index in [1.807, 2.05) is 60.7 Å². The number of carbonyl (C=O) groups is 5. The smallest absolute Gasteiger partial charge is 0.252 e. The van der Waals surface area contributed by atoms with Gasteiger partial charge in [-0.15, -0.1) is 0 Å². The second kappa shape index (κ2) is 37.0. The number of aliphatic hydroxyl groups excluding tert-OH is 4. The van der Waals surface area contributed by atoms with Gasteiger partial charge in [-0.3, -0.25) is 24.0 Å². The summed E-state index contributed by atoms with van der Waals surface area (Å²) in [7, 11) is 11.5. The molecule has 19 N–H and O–H groups in total. The number of primary amides is 5. The molecule has 5 saturated heterocycles. The van der Waals surface area contributed by atoms with Crippen molar-refractivity contribution in [2.24, 2.45) is 58.3 Å². The maximum absolute atomic E-state index is 12.4. The van der Waals surface area contributed by atoms with Gasteiger partial charge in [0.15, 0.2) is 0 Å². The second-order valence-corrected chi connectivity index (χ2v) is 47.3. The Labute approximate surface area is 890 Å². The van der Waals surface area contributed by atoms with Crippen molar-refractivity contribution < 1.29 is 191 Å². The number of likely N-dealkylation sites (tertiary alicyclic amines) is 5. The Hall–Kier alpha value is -7.45. The van der Waals surface area contributed by atoms with Gasteiger partial charge in [-0.25, -0.2) is 0 Å². The molecule has 26 rings (SSSR count). The highest BCUT2D eigenvalue weighted by Gasteiger charge is 2.79. The van der Waals surface area contributed by atoms with E-state index in [1.54, 1.807) is 42.5 Å². The molecule has 32 heteroatoms. The molecule has 27 nitrogen and oxygen atoms in total. The van der Waals surface area contributed by atoms with Crippen LogP contribution in [0.3, 0.4) is 0 Å². The van der Waals surface area contributed by atoms with E-state index in [2.05, 4.69) is 73.2 Å². The number of halogens is 5. The van der Waals surface area contributed by atoms with E-state index in [1.165, 1.54) is 62.5 Å². The fourth-order valence-corrected chi connectivity index (χ4v) is 33.4. The minimum Gasteiger partial charge on any atom is -1.00 e. The number of hydrogen-bond acceptors (Lipinski definition) is 17. The number of aliphatic hydroxyl groups is 7. The summed E-state index contributed by atoms with van der Waals surface area (Å²) in [5.41, 5.74) is 34.9. The zero-order valence-corrected chi connectivity index (χ0v) is 90.3. The minimum absolute atomic E-state index is 0. The fraction of sp³-hybridized carbons (Fsp3) is 0.559. The van der Waals surface area contributed by atoms with Crippen LogP contribution in [0.1, 0.15) is 217 Å². The lowest BCUT2D eigenvalue weighted by atomic mass is 9.48. The standard InChI is InChI=1S/C23H28N2O4.C23H30N2O4.C23H28N2O3.C21H24N2O3.C21H26N2O3.5BrH/c1-25(12-13-3-2-4-13)10-9-22-18-14-5-6-15(21(24)27)19(18)29-20(22)16(26)7-8-23(22,28)17(25)11-14;1-25(13-14-3-2-4-14)10-9-22-12-16(26)7-8-23(22,29)18(25)11-15-5-6-17(21(24)28)20(27)19(15)22;1-13-7-8-23(27)17-11-15-5-6-16(21(24)26)19-18(15)22(23,20(13)28-19)9-10-25(17,2)12-14-3-4-14;1-3-9-23(2)10-8-21-14-6-7-16(24)19(21)26-18-13(20(22)25)5-4-12(17(18)21)11-15(14)23;1-3-9-23(2)10-8-21-12-14(24)5-7-16(21)17(23)11-13-4-6-15(20(22)26)19(25)18(13)21;;;;;/h5-8,13,16-17,20,26,28H,2-4,9-12H2,1H3,(H-,24,27);5-8,14,16,18,26,29H,2-4,9-13H2,1H3,(H2-,24,27,28);5-6,14,17,20,27H,1,3-4,7-12H2,2H3,(H-,24,26);3-7,14-16,19,24H,1,8-11H2,2H3,(H-,22,25);3-7,14,16-17,24H,1,8-12H2,2H3,(H2-,22,25,26);5*1H/t16-,17+,20-,22-,23+,25?;16-,18+,22+,23+,25?;17-,20+,22+,23-,25?;14-,15+,16-,19-,21-,23?;14-,16-,17+,21-,23?;;;;;/m00100...../s1. The number of likely N-dealkylation sites (N-methyl/N-ethyl adjacent to an activating group) is 5. The van der Waals surface area contributed by atoms with Crippen LogP contribution in [0, 0.1) is 29.6 Å². The normalized spacial score (nSPS) is 39.9. The van der Waals surface area contributed by atoms with E-state index in [9.17, 15) is 69.9 Å². The zero-order chi connectivity index (χ0) is 97.2. The van der Waals surface area contributed by atoms with Gasteiger partial charge in [0, 0.05) is 132 Å². The van der Waals surface area contributed by atoms with Gasteiger partial charge in [-0.2, -0.15) is 0 Å². The first-order valence-electron chi connectivity index (χ1n) is 51.0. The van der Waals surface area contributed by atoms with Crippen LogP contribution in [0.4, 0.5) is 0 Å². The number of rotatable bonds is 15. The molecule has 8 aliphatic heterocycles. The molecule has 5 amide bonds. The van der Waals surface area contributed by atoms with E-state index >= 15 is 0 Å². The van der Waals surface area contributed by atoms with Crippen molar-refractivity contribution in [3.05, 3.63) is 230 Å². The molecule has 21 aliphatic rings. The highest BCUT2D eigenvalue weighted by Crippen LogP contribution is 2.71. The molecule has 5 aromatic carbocycles. The number of amides is 5. The molecule has 27 atom stereocenters. The van der Waals surface area contributed by atoms with Gasteiger partial charge in [0.1, 0.15) is 106 Å². The van der Waals surface area contributed by atoms with Gasteiger partial charge in [0.05, 0.1) is 157 Å². The third kappa shape index (κ3) is 15.1.